The molecule has 1 atom stereocenters. The number of halogens is 2. The van der Waals surface area contributed by atoms with Gasteiger partial charge in [-0.2, -0.15) is 0 Å². The maximum atomic E-state index is 12.4. The number of amides is 1. The lowest BCUT2D eigenvalue weighted by atomic mass is 10.1. The van der Waals surface area contributed by atoms with E-state index in [1.54, 1.807) is 0 Å². The van der Waals surface area contributed by atoms with Crippen molar-refractivity contribution >= 4 is 30.7 Å². The predicted molar refractivity (Wildman–Crippen MR) is 101 cm³/mol. The van der Waals surface area contributed by atoms with Crippen LogP contribution in [0.15, 0.2) is 29.0 Å². The number of hydrogen-bond donors (Lipinski definition) is 2. The Balaban J connectivity index is 0.00000121. The number of benzene rings is 1. The van der Waals surface area contributed by atoms with Crippen LogP contribution in [-0.2, 0) is 0 Å². The number of hydrogen-bond acceptors (Lipinski definition) is 6. The number of aromatic nitrogens is 1. The molecule has 9 heteroatoms. The third-order valence-corrected chi connectivity index (χ3v) is 4.26. The van der Waals surface area contributed by atoms with E-state index < -0.39 is 0 Å². The molecule has 1 aromatic heterocycles. The second-order valence-corrected chi connectivity index (χ2v) is 5.89. The number of ether oxygens (including phenoxy) is 2. The number of nitrogens with zero attached hydrogens (tertiary/aromatic N) is 1. The first-order valence-corrected chi connectivity index (χ1v) is 8.16. The van der Waals surface area contributed by atoms with Gasteiger partial charge in [0.25, 0.3) is 5.91 Å². The van der Waals surface area contributed by atoms with E-state index in [0.717, 1.165) is 24.9 Å². The Kier molecular flexibility index (Phi) is 7.14. The van der Waals surface area contributed by atoms with E-state index >= 15 is 0 Å². The Labute approximate surface area is 163 Å². The third-order valence-electron chi connectivity index (χ3n) is 4.26. The van der Waals surface area contributed by atoms with Gasteiger partial charge in [-0.25, -0.2) is 4.98 Å². The summed E-state index contributed by atoms with van der Waals surface area (Å²) in [5.74, 6) is 1.55. The highest BCUT2D eigenvalue weighted by molar-refractivity contribution is 5.97. The summed E-state index contributed by atoms with van der Waals surface area (Å²) in [4.78, 5) is 16.5. The summed E-state index contributed by atoms with van der Waals surface area (Å²) < 4.78 is 16.5. The summed E-state index contributed by atoms with van der Waals surface area (Å²) in [6.45, 7) is 2.64. The first-order chi connectivity index (χ1) is 11.8. The summed E-state index contributed by atoms with van der Waals surface area (Å²) >= 11 is 0. The molecule has 2 N–H and O–H groups in total. The molecular weight excluding hydrogens is 381 g/mol. The van der Waals surface area contributed by atoms with Crippen LogP contribution in [0.1, 0.15) is 23.3 Å². The van der Waals surface area contributed by atoms with E-state index in [9.17, 15) is 4.79 Å². The maximum Gasteiger partial charge on any atom is 0.273 e. The number of nitrogens with one attached hydrogen (secondary N) is 2. The van der Waals surface area contributed by atoms with Crippen LogP contribution < -0.4 is 20.1 Å². The Morgan fingerprint density at radius 1 is 1.23 bits per heavy atom. The zero-order valence-corrected chi connectivity index (χ0v) is 15.7. The predicted octanol–water partition coefficient (Wildman–Crippen LogP) is 2.44. The quantitative estimate of drug-likeness (QED) is 0.817. The highest BCUT2D eigenvalue weighted by atomic mass is 35.5. The molecule has 0 radical (unpaired) electrons. The molecule has 2 aromatic rings. The summed E-state index contributed by atoms with van der Waals surface area (Å²) in [6.07, 6.45) is 3.51. The molecule has 2 aliphatic heterocycles. The average Bonchev–Trinajstić information content (AvgIpc) is 3.31. The Bertz CT molecular complexity index is 747. The molecule has 2 aliphatic rings. The van der Waals surface area contributed by atoms with Crippen molar-refractivity contribution in [1.82, 2.24) is 15.6 Å². The molecule has 0 bridgehead atoms. The minimum atomic E-state index is -0.234. The lowest BCUT2D eigenvalue weighted by molar-refractivity contribution is 0.0946. The SMILES string of the molecule is Cl.Cl.O=C(NCC1CCCN1)c1ncoc1-c1ccc2c(c1)OCCO2. The minimum Gasteiger partial charge on any atom is -0.486 e. The number of carbonyl (C=O) groups excluding carboxylic acids is 1. The van der Waals surface area contributed by atoms with Crippen LogP contribution >= 0.6 is 24.8 Å². The van der Waals surface area contributed by atoms with Crippen LogP contribution in [0.4, 0.5) is 0 Å². The number of oxazole rings is 1. The number of fused-ring (bicyclic) bond motifs is 1. The second kappa shape index (κ2) is 9.12. The van der Waals surface area contributed by atoms with Crippen LogP contribution in [0, 0.1) is 0 Å². The molecule has 0 aliphatic carbocycles. The molecule has 4 rings (SSSR count). The first kappa shape index (κ1) is 20.4. The van der Waals surface area contributed by atoms with Gasteiger partial charge in [0.15, 0.2) is 29.3 Å². The molecule has 142 valence electrons. The van der Waals surface area contributed by atoms with Crippen molar-refractivity contribution in [2.24, 2.45) is 0 Å². The highest BCUT2D eigenvalue weighted by Crippen LogP contribution is 2.35. The van der Waals surface area contributed by atoms with Gasteiger partial charge in [0.2, 0.25) is 0 Å². The third kappa shape index (κ3) is 4.23. The van der Waals surface area contributed by atoms with Crippen molar-refractivity contribution in [3.8, 4) is 22.8 Å². The van der Waals surface area contributed by atoms with E-state index in [2.05, 4.69) is 15.6 Å². The number of rotatable bonds is 4. The van der Waals surface area contributed by atoms with Crippen molar-refractivity contribution < 1.29 is 18.7 Å². The van der Waals surface area contributed by atoms with Crippen LogP contribution in [0.5, 0.6) is 11.5 Å². The van der Waals surface area contributed by atoms with Crippen molar-refractivity contribution in [3.05, 3.63) is 30.3 Å². The molecular formula is C17H21Cl2N3O4. The van der Waals surface area contributed by atoms with E-state index in [4.69, 9.17) is 13.9 Å². The standard InChI is InChI=1S/C17H19N3O4.2ClH/c21-17(19-9-12-2-1-5-18-12)15-16(24-10-20-15)11-3-4-13-14(8-11)23-7-6-22-13;;/h3-4,8,10,12,18H,1-2,5-7,9H2,(H,19,21);2*1H. The Morgan fingerprint density at radius 2 is 2.04 bits per heavy atom. The van der Waals surface area contributed by atoms with Gasteiger partial charge in [-0.1, -0.05) is 0 Å². The van der Waals surface area contributed by atoms with Gasteiger partial charge in [0, 0.05) is 18.2 Å². The minimum absolute atomic E-state index is 0. The monoisotopic (exact) mass is 401 g/mol. The van der Waals surface area contributed by atoms with Crippen molar-refractivity contribution in [2.75, 3.05) is 26.3 Å². The van der Waals surface area contributed by atoms with Crippen LogP contribution in [0.2, 0.25) is 0 Å². The molecule has 1 fully saturated rings. The van der Waals surface area contributed by atoms with Crippen molar-refractivity contribution in [1.29, 1.82) is 0 Å². The maximum absolute atomic E-state index is 12.4. The van der Waals surface area contributed by atoms with E-state index in [-0.39, 0.29) is 36.4 Å². The van der Waals surface area contributed by atoms with E-state index in [0.29, 0.717) is 43.1 Å². The lowest BCUT2D eigenvalue weighted by Gasteiger charge is -2.18. The highest BCUT2D eigenvalue weighted by Gasteiger charge is 2.22. The smallest absolute Gasteiger partial charge is 0.273 e. The second-order valence-electron chi connectivity index (χ2n) is 5.89. The average molecular weight is 402 g/mol. The fourth-order valence-corrected chi connectivity index (χ4v) is 3.03. The summed E-state index contributed by atoms with van der Waals surface area (Å²) in [5.41, 5.74) is 1.02. The van der Waals surface area contributed by atoms with Gasteiger partial charge in [0.05, 0.1) is 0 Å². The molecule has 7 nitrogen and oxygen atoms in total. The van der Waals surface area contributed by atoms with Crippen LogP contribution in [0.3, 0.4) is 0 Å². The van der Waals surface area contributed by atoms with Gasteiger partial charge in [-0.3, -0.25) is 4.79 Å². The molecule has 26 heavy (non-hydrogen) atoms. The largest absolute Gasteiger partial charge is 0.486 e. The zero-order valence-electron chi connectivity index (χ0n) is 14.0. The Morgan fingerprint density at radius 3 is 2.81 bits per heavy atom. The van der Waals surface area contributed by atoms with Gasteiger partial charge in [-0.05, 0) is 37.6 Å². The fourth-order valence-electron chi connectivity index (χ4n) is 3.03. The molecule has 3 heterocycles. The van der Waals surface area contributed by atoms with Gasteiger partial charge < -0.3 is 24.5 Å². The lowest BCUT2D eigenvalue weighted by Crippen LogP contribution is -2.37. The topological polar surface area (TPSA) is 85.6 Å². The molecule has 1 amide bonds. The summed E-state index contributed by atoms with van der Waals surface area (Å²) in [6, 6.07) is 5.79. The van der Waals surface area contributed by atoms with Crippen LogP contribution in [-0.4, -0.2) is 43.2 Å². The molecule has 0 saturated carbocycles. The first-order valence-electron chi connectivity index (χ1n) is 8.16. The Hall–Kier alpha value is -1.96. The van der Waals surface area contributed by atoms with E-state index in [1.807, 2.05) is 18.2 Å². The zero-order chi connectivity index (χ0) is 16.4. The van der Waals surface area contributed by atoms with Gasteiger partial charge >= 0.3 is 0 Å². The van der Waals surface area contributed by atoms with Crippen LogP contribution in [0.25, 0.3) is 11.3 Å². The van der Waals surface area contributed by atoms with Crippen molar-refractivity contribution in [2.45, 2.75) is 18.9 Å². The fraction of sp³-hybridized carbons (Fsp3) is 0.412. The van der Waals surface area contributed by atoms with Crippen molar-refractivity contribution in [3.63, 3.8) is 0 Å². The van der Waals surface area contributed by atoms with E-state index in [1.165, 1.54) is 6.39 Å². The molecule has 1 unspecified atom stereocenters. The normalized spacial score (nSPS) is 17.8. The molecule has 1 saturated heterocycles. The summed E-state index contributed by atoms with van der Waals surface area (Å²) in [5, 5.41) is 6.27. The molecule has 0 spiro atoms. The van der Waals surface area contributed by atoms with Gasteiger partial charge in [0.1, 0.15) is 13.2 Å². The summed E-state index contributed by atoms with van der Waals surface area (Å²) in [7, 11) is 0. The molecule has 1 aromatic carbocycles. The number of carbonyl (C=O) groups is 1. The van der Waals surface area contributed by atoms with Gasteiger partial charge in [-0.15, -0.1) is 24.8 Å².